The Morgan fingerprint density at radius 1 is 1.24 bits per heavy atom. The molecule has 3 rings (SSSR count). The molecule has 2 aromatic rings. The Bertz CT molecular complexity index is 992. The zero-order chi connectivity index (χ0) is 21.0. The molecular weight excluding hydrogens is 400 g/mol. The number of methoxy groups -OCH3 is 1. The van der Waals surface area contributed by atoms with Crippen molar-refractivity contribution in [3.63, 3.8) is 0 Å². The Kier molecular flexibility index (Phi) is 6.60. The lowest BCUT2D eigenvalue weighted by atomic mass is 9.96. The molecule has 0 bridgehead atoms. The SMILES string of the molecule is COCCNc1nc(Cl)c(C#N)c2c1CN(Cc1c(F)cc(C#N)cc1F)CC2. The number of nitrogens with one attached hydrogen (secondary N) is 1. The molecule has 1 aliphatic heterocycles. The Labute approximate surface area is 172 Å². The molecule has 0 amide bonds. The molecule has 1 N–H and O–H groups in total. The van der Waals surface area contributed by atoms with Crippen molar-refractivity contribution in [2.24, 2.45) is 0 Å². The fourth-order valence-corrected chi connectivity index (χ4v) is 3.61. The van der Waals surface area contributed by atoms with Gasteiger partial charge in [-0.25, -0.2) is 13.8 Å². The summed E-state index contributed by atoms with van der Waals surface area (Å²) < 4.78 is 33.6. The van der Waals surface area contributed by atoms with E-state index < -0.39 is 11.6 Å². The molecule has 0 saturated heterocycles. The van der Waals surface area contributed by atoms with Gasteiger partial charge in [-0.2, -0.15) is 10.5 Å². The van der Waals surface area contributed by atoms with Gasteiger partial charge in [0.25, 0.3) is 0 Å². The molecular formula is C20H18ClF2N5O. The highest BCUT2D eigenvalue weighted by atomic mass is 35.5. The highest BCUT2D eigenvalue weighted by Crippen LogP contribution is 2.32. The van der Waals surface area contributed by atoms with Crippen molar-refractivity contribution in [2.45, 2.75) is 19.5 Å². The van der Waals surface area contributed by atoms with Crippen molar-refractivity contribution in [3.8, 4) is 12.1 Å². The predicted octanol–water partition coefficient (Wildman–Crippen LogP) is 3.37. The Morgan fingerprint density at radius 2 is 1.97 bits per heavy atom. The summed E-state index contributed by atoms with van der Waals surface area (Å²) in [5.74, 6) is -0.970. The number of pyridine rings is 1. The zero-order valence-corrected chi connectivity index (χ0v) is 16.5. The van der Waals surface area contributed by atoms with E-state index in [-0.39, 0.29) is 22.8 Å². The molecule has 6 nitrogen and oxygen atoms in total. The Hall–Kier alpha value is -2.78. The summed E-state index contributed by atoms with van der Waals surface area (Å²) in [6.45, 7) is 1.84. The summed E-state index contributed by atoms with van der Waals surface area (Å²) in [6.07, 6.45) is 0.499. The third-order valence-corrected chi connectivity index (χ3v) is 5.06. The van der Waals surface area contributed by atoms with Crippen LogP contribution < -0.4 is 5.32 Å². The van der Waals surface area contributed by atoms with Gasteiger partial charge in [0.2, 0.25) is 0 Å². The maximum atomic E-state index is 14.3. The van der Waals surface area contributed by atoms with Gasteiger partial charge in [0, 0.05) is 44.4 Å². The number of benzene rings is 1. The normalized spacial score (nSPS) is 13.4. The van der Waals surface area contributed by atoms with Crippen LogP contribution in [0.15, 0.2) is 12.1 Å². The van der Waals surface area contributed by atoms with Crippen LogP contribution in [0, 0.1) is 34.3 Å². The van der Waals surface area contributed by atoms with Crippen molar-refractivity contribution < 1.29 is 13.5 Å². The van der Waals surface area contributed by atoms with Crippen molar-refractivity contribution in [1.29, 1.82) is 10.5 Å². The number of fused-ring (bicyclic) bond motifs is 1. The first-order chi connectivity index (χ1) is 14.0. The van der Waals surface area contributed by atoms with Crippen LogP contribution in [0.25, 0.3) is 0 Å². The van der Waals surface area contributed by atoms with Gasteiger partial charge in [0.15, 0.2) is 0 Å². The molecule has 0 unspecified atom stereocenters. The smallest absolute Gasteiger partial charge is 0.149 e. The number of nitriles is 2. The largest absolute Gasteiger partial charge is 0.383 e. The van der Waals surface area contributed by atoms with Gasteiger partial charge in [-0.05, 0) is 24.1 Å². The molecule has 2 heterocycles. The van der Waals surface area contributed by atoms with Gasteiger partial charge in [-0.1, -0.05) is 11.6 Å². The fourth-order valence-electron chi connectivity index (χ4n) is 3.37. The summed E-state index contributed by atoms with van der Waals surface area (Å²) in [5.41, 5.74) is 1.75. The van der Waals surface area contributed by atoms with E-state index in [1.54, 1.807) is 13.2 Å². The first kappa shape index (κ1) is 20.9. The summed E-state index contributed by atoms with van der Waals surface area (Å²) >= 11 is 6.17. The van der Waals surface area contributed by atoms with Gasteiger partial charge in [-0.3, -0.25) is 4.90 Å². The van der Waals surface area contributed by atoms with Crippen molar-refractivity contribution >= 4 is 17.4 Å². The molecule has 150 valence electrons. The van der Waals surface area contributed by atoms with E-state index in [1.807, 2.05) is 4.90 Å². The molecule has 1 aromatic carbocycles. The van der Waals surface area contributed by atoms with Crippen LogP contribution in [-0.2, 0) is 24.2 Å². The van der Waals surface area contributed by atoms with E-state index in [2.05, 4.69) is 16.4 Å². The monoisotopic (exact) mass is 417 g/mol. The number of nitrogens with zero attached hydrogens (tertiary/aromatic N) is 4. The van der Waals surface area contributed by atoms with Gasteiger partial charge < -0.3 is 10.1 Å². The molecule has 29 heavy (non-hydrogen) atoms. The van der Waals surface area contributed by atoms with Gasteiger partial charge in [0.1, 0.15) is 28.7 Å². The molecule has 0 aliphatic carbocycles. The van der Waals surface area contributed by atoms with E-state index in [1.165, 1.54) is 0 Å². The maximum Gasteiger partial charge on any atom is 0.149 e. The van der Waals surface area contributed by atoms with Gasteiger partial charge in [-0.15, -0.1) is 0 Å². The maximum absolute atomic E-state index is 14.3. The van der Waals surface area contributed by atoms with Crippen LogP contribution in [0.4, 0.5) is 14.6 Å². The van der Waals surface area contributed by atoms with E-state index in [9.17, 15) is 14.0 Å². The van der Waals surface area contributed by atoms with Gasteiger partial charge in [0.05, 0.1) is 23.8 Å². The topological polar surface area (TPSA) is 85.0 Å². The van der Waals surface area contributed by atoms with Crippen LogP contribution in [-0.4, -0.2) is 36.7 Å². The second-order valence-electron chi connectivity index (χ2n) is 6.61. The number of halogens is 3. The van der Waals surface area contributed by atoms with Crippen molar-refractivity contribution in [3.05, 3.63) is 56.7 Å². The first-order valence-electron chi connectivity index (χ1n) is 8.93. The molecule has 0 spiro atoms. The van der Waals surface area contributed by atoms with E-state index in [0.29, 0.717) is 44.0 Å². The molecule has 0 atom stereocenters. The van der Waals surface area contributed by atoms with Gasteiger partial charge >= 0.3 is 0 Å². The summed E-state index contributed by atoms with van der Waals surface area (Å²) in [7, 11) is 1.58. The molecule has 1 aromatic heterocycles. The van der Waals surface area contributed by atoms with E-state index >= 15 is 0 Å². The van der Waals surface area contributed by atoms with Crippen LogP contribution in [0.2, 0.25) is 5.15 Å². The predicted molar refractivity (Wildman–Crippen MR) is 103 cm³/mol. The summed E-state index contributed by atoms with van der Waals surface area (Å²) in [5, 5.41) is 21.6. The Balaban J connectivity index is 1.90. The molecule has 1 aliphatic rings. The first-order valence-corrected chi connectivity index (χ1v) is 9.30. The Morgan fingerprint density at radius 3 is 2.59 bits per heavy atom. The quantitative estimate of drug-likeness (QED) is 0.573. The standard InChI is InChI=1S/C20H18ClF2N5O/c1-29-5-3-26-20-15-10-28(4-2-13(15)14(9-25)19(21)27-20)11-16-17(22)6-12(8-24)7-18(16)23/h6-7H,2-5,10-11H2,1H3,(H,26,27). The van der Waals surface area contributed by atoms with Crippen molar-refractivity contribution in [1.82, 2.24) is 9.88 Å². The van der Waals surface area contributed by atoms with Crippen LogP contribution in [0.3, 0.4) is 0 Å². The average molecular weight is 418 g/mol. The zero-order valence-electron chi connectivity index (χ0n) is 15.7. The lowest BCUT2D eigenvalue weighted by molar-refractivity contribution is 0.210. The van der Waals surface area contributed by atoms with Crippen molar-refractivity contribution in [2.75, 3.05) is 32.1 Å². The number of hydrogen-bond donors (Lipinski definition) is 1. The number of aromatic nitrogens is 1. The minimum Gasteiger partial charge on any atom is -0.383 e. The van der Waals surface area contributed by atoms with E-state index in [0.717, 1.165) is 23.3 Å². The number of ether oxygens (including phenoxy) is 1. The summed E-state index contributed by atoms with van der Waals surface area (Å²) in [4.78, 5) is 6.16. The number of hydrogen-bond acceptors (Lipinski definition) is 6. The molecule has 0 fully saturated rings. The van der Waals surface area contributed by atoms with Crippen LogP contribution in [0.1, 0.15) is 27.8 Å². The second kappa shape index (κ2) is 9.15. The molecule has 9 heteroatoms. The fraction of sp³-hybridized carbons (Fsp3) is 0.350. The van der Waals surface area contributed by atoms with Crippen LogP contribution in [0.5, 0.6) is 0 Å². The van der Waals surface area contributed by atoms with Crippen LogP contribution >= 0.6 is 11.6 Å². The minimum absolute atomic E-state index is 0.0326. The number of anilines is 1. The molecule has 0 radical (unpaired) electrons. The molecule has 0 saturated carbocycles. The highest BCUT2D eigenvalue weighted by molar-refractivity contribution is 6.30. The summed E-state index contributed by atoms with van der Waals surface area (Å²) in [6, 6.07) is 5.90. The average Bonchev–Trinajstić information content (AvgIpc) is 2.71. The lowest BCUT2D eigenvalue weighted by Gasteiger charge is -2.31. The third-order valence-electron chi connectivity index (χ3n) is 4.79. The second-order valence-corrected chi connectivity index (χ2v) is 6.96. The minimum atomic E-state index is -0.752. The number of rotatable bonds is 6. The lowest BCUT2D eigenvalue weighted by Crippen LogP contribution is -2.32. The third kappa shape index (κ3) is 4.46. The highest BCUT2D eigenvalue weighted by Gasteiger charge is 2.26. The van der Waals surface area contributed by atoms with E-state index in [4.69, 9.17) is 21.6 Å².